The molecule has 0 spiro atoms. The molecule has 4 nitrogen and oxygen atoms in total. The number of anilines is 3. The first-order valence-corrected chi connectivity index (χ1v) is 13.6. The summed E-state index contributed by atoms with van der Waals surface area (Å²) in [5.41, 5.74) is 9.14. The summed E-state index contributed by atoms with van der Waals surface area (Å²) < 4.78 is 27.0. The van der Waals surface area contributed by atoms with Crippen LogP contribution in [0.15, 0.2) is 146 Å². The monoisotopic (exact) mass is 550 g/mol. The van der Waals surface area contributed by atoms with E-state index in [1.807, 2.05) is 72.8 Å². The number of nitrogens with zero attached hydrogens (tertiary/aromatic N) is 4. The molecular formula is C36H24F2N4. The molecule has 0 aliphatic rings. The molecule has 0 amide bonds. The predicted molar refractivity (Wildman–Crippen MR) is 164 cm³/mol. The fraction of sp³-hybridized carbons (Fsp3) is 0. The molecule has 1 aromatic heterocycles. The summed E-state index contributed by atoms with van der Waals surface area (Å²) in [6.45, 7) is 0. The number of benzene rings is 6. The van der Waals surface area contributed by atoms with Crippen molar-refractivity contribution in [3.8, 4) is 27.9 Å². The number of para-hydroxylation sites is 1. The third-order valence-corrected chi connectivity index (χ3v) is 7.22. The minimum absolute atomic E-state index is 0.259. The molecule has 0 radical (unpaired) electrons. The second kappa shape index (κ2) is 10.7. The second-order valence-corrected chi connectivity index (χ2v) is 9.94. The van der Waals surface area contributed by atoms with Crippen molar-refractivity contribution < 1.29 is 8.78 Å². The highest BCUT2D eigenvalue weighted by molar-refractivity contribution is 5.86. The van der Waals surface area contributed by atoms with E-state index in [-0.39, 0.29) is 11.6 Å². The van der Waals surface area contributed by atoms with E-state index in [9.17, 15) is 8.78 Å². The van der Waals surface area contributed by atoms with E-state index in [1.54, 1.807) is 29.1 Å². The lowest BCUT2D eigenvalue weighted by Crippen LogP contribution is -2.09. The first-order chi connectivity index (χ1) is 20.6. The van der Waals surface area contributed by atoms with Crippen LogP contribution in [0.3, 0.4) is 0 Å². The van der Waals surface area contributed by atoms with Crippen molar-refractivity contribution in [3.05, 3.63) is 157 Å². The fourth-order valence-corrected chi connectivity index (χ4v) is 5.06. The Kier molecular flexibility index (Phi) is 6.49. The molecule has 0 bridgehead atoms. The van der Waals surface area contributed by atoms with Gasteiger partial charge in [0.25, 0.3) is 0 Å². The van der Waals surface area contributed by atoms with Crippen LogP contribution in [0, 0.1) is 11.6 Å². The number of hydrogen-bond acceptors (Lipinski definition) is 3. The second-order valence-electron chi connectivity index (χ2n) is 9.94. The largest absolute Gasteiger partial charge is 0.310 e. The normalized spacial score (nSPS) is 11.1. The SMILES string of the molecule is Fc1ccc(-c2ccc(N(c3ccc(-c4ccc(F)cc4)cc3)c3ccc4nn(-c5ccccc5)nc4c3)cc2)cc1. The third kappa shape index (κ3) is 5.02. The summed E-state index contributed by atoms with van der Waals surface area (Å²) in [5, 5.41) is 9.42. The number of hydrogen-bond donors (Lipinski definition) is 0. The number of aromatic nitrogens is 3. The summed E-state index contributed by atoms with van der Waals surface area (Å²) in [7, 11) is 0. The Bertz CT molecular complexity index is 1880. The minimum Gasteiger partial charge on any atom is -0.310 e. The van der Waals surface area contributed by atoms with Crippen molar-refractivity contribution in [3.63, 3.8) is 0 Å². The zero-order chi connectivity index (χ0) is 28.5. The first kappa shape index (κ1) is 25.4. The lowest BCUT2D eigenvalue weighted by atomic mass is 10.0. The fourth-order valence-electron chi connectivity index (χ4n) is 5.06. The van der Waals surface area contributed by atoms with Gasteiger partial charge in [-0.05, 0) is 101 Å². The van der Waals surface area contributed by atoms with Crippen molar-refractivity contribution >= 4 is 28.1 Å². The van der Waals surface area contributed by atoms with Gasteiger partial charge in [-0.3, -0.25) is 0 Å². The summed E-state index contributed by atoms with van der Waals surface area (Å²) in [4.78, 5) is 3.80. The third-order valence-electron chi connectivity index (χ3n) is 7.22. The van der Waals surface area contributed by atoms with Gasteiger partial charge in [-0.2, -0.15) is 4.80 Å². The van der Waals surface area contributed by atoms with Crippen LogP contribution >= 0.6 is 0 Å². The van der Waals surface area contributed by atoms with Gasteiger partial charge in [0.2, 0.25) is 0 Å². The Morgan fingerprint density at radius 1 is 0.429 bits per heavy atom. The van der Waals surface area contributed by atoms with Gasteiger partial charge in [0.05, 0.1) is 5.69 Å². The highest BCUT2D eigenvalue weighted by Gasteiger charge is 2.16. The molecule has 6 aromatic carbocycles. The van der Waals surface area contributed by atoms with E-state index in [0.29, 0.717) is 0 Å². The Morgan fingerprint density at radius 2 is 0.857 bits per heavy atom. The van der Waals surface area contributed by atoms with Crippen LogP contribution in [0.4, 0.5) is 25.8 Å². The Morgan fingerprint density at radius 3 is 1.36 bits per heavy atom. The molecule has 0 saturated carbocycles. The van der Waals surface area contributed by atoms with Gasteiger partial charge in [-0.1, -0.05) is 66.7 Å². The van der Waals surface area contributed by atoms with Gasteiger partial charge < -0.3 is 4.90 Å². The van der Waals surface area contributed by atoms with Gasteiger partial charge in [0.1, 0.15) is 22.7 Å². The van der Waals surface area contributed by atoms with Gasteiger partial charge in [-0.15, -0.1) is 10.2 Å². The van der Waals surface area contributed by atoms with Crippen LogP contribution in [0.1, 0.15) is 0 Å². The Labute approximate surface area is 241 Å². The van der Waals surface area contributed by atoms with Gasteiger partial charge in [0.15, 0.2) is 0 Å². The van der Waals surface area contributed by atoms with Crippen molar-refractivity contribution in [1.29, 1.82) is 0 Å². The van der Waals surface area contributed by atoms with Crippen LogP contribution in [-0.4, -0.2) is 15.0 Å². The zero-order valence-corrected chi connectivity index (χ0v) is 22.4. The van der Waals surface area contributed by atoms with Gasteiger partial charge in [0, 0.05) is 17.1 Å². The van der Waals surface area contributed by atoms with Gasteiger partial charge in [-0.25, -0.2) is 8.78 Å². The van der Waals surface area contributed by atoms with E-state index in [2.05, 4.69) is 34.3 Å². The summed E-state index contributed by atoms with van der Waals surface area (Å²) >= 11 is 0. The molecule has 0 aliphatic carbocycles. The lowest BCUT2D eigenvalue weighted by Gasteiger charge is -2.26. The molecule has 0 fully saturated rings. The number of fused-ring (bicyclic) bond motifs is 1. The molecule has 202 valence electrons. The van der Waals surface area contributed by atoms with Gasteiger partial charge >= 0.3 is 0 Å². The first-order valence-electron chi connectivity index (χ1n) is 13.6. The highest BCUT2D eigenvalue weighted by atomic mass is 19.1. The van der Waals surface area contributed by atoms with Crippen molar-refractivity contribution in [2.45, 2.75) is 0 Å². The smallest absolute Gasteiger partial charge is 0.123 e. The average Bonchev–Trinajstić information content (AvgIpc) is 3.47. The maximum Gasteiger partial charge on any atom is 0.123 e. The average molecular weight is 551 g/mol. The molecule has 7 rings (SSSR count). The molecule has 0 saturated heterocycles. The van der Waals surface area contributed by atoms with E-state index >= 15 is 0 Å². The molecule has 1 heterocycles. The summed E-state index contributed by atoms with van der Waals surface area (Å²) in [6, 6.07) is 45.2. The number of rotatable bonds is 6. The van der Waals surface area contributed by atoms with E-state index < -0.39 is 0 Å². The Hall–Kier alpha value is -5.62. The highest BCUT2D eigenvalue weighted by Crippen LogP contribution is 2.37. The van der Waals surface area contributed by atoms with Crippen LogP contribution in [0.25, 0.3) is 39.0 Å². The van der Waals surface area contributed by atoms with Crippen molar-refractivity contribution in [2.75, 3.05) is 4.90 Å². The minimum atomic E-state index is -0.259. The molecule has 6 heteroatoms. The molecule has 7 aromatic rings. The lowest BCUT2D eigenvalue weighted by molar-refractivity contribution is 0.627. The van der Waals surface area contributed by atoms with E-state index in [0.717, 1.165) is 56.0 Å². The maximum atomic E-state index is 13.5. The number of halogens is 2. The molecule has 0 aliphatic heterocycles. The van der Waals surface area contributed by atoms with Crippen LogP contribution in [0.5, 0.6) is 0 Å². The topological polar surface area (TPSA) is 34.0 Å². The summed E-state index contributed by atoms with van der Waals surface area (Å²) in [6.07, 6.45) is 0. The summed E-state index contributed by atoms with van der Waals surface area (Å²) in [5.74, 6) is -0.518. The quantitative estimate of drug-likeness (QED) is 0.207. The van der Waals surface area contributed by atoms with Crippen LogP contribution < -0.4 is 4.90 Å². The maximum absolute atomic E-state index is 13.5. The van der Waals surface area contributed by atoms with Crippen LogP contribution in [-0.2, 0) is 0 Å². The molecule has 0 atom stereocenters. The zero-order valence-electron chi connectivity index (χ0n) is 22.4. The van der Waals surface area contributed by atoms with Crippen molar-refractivity contribution in [1.82, 2.24) is 15.0 Å². The van der Waals surface area contributed by atoms with Crippen molar-refractivity contribution in [2.24, 2.45) is 0 Å². The molecule has 42 heavy (non-hydrogen) atoms. The molecular weight excluding hydrogens is 526 g/mol. The Balaban J connectivity index is 1.30. The predicted octanol–water partition coefficient (Wildman–Crippen LogP) is 9.50. The molecule has 0 N–H and O–H groups in total. The van der Waals surface area contributed by atoms with Crippen LogP contribution in [0.2, 0.25) is 0 Å². The van der Waals surface area contributed by atoms with E-state index in [1.165, 1.54) is 24.3 Å². The standard InChI is InChI=1S/C36H24F2N4/c37-29-14-6-25(7-15-29)27-10-18-31(19-11-27)41(32-20-12-28(13-21-32)26-8-16-30(38)17-9-26)34-22-23-35-36(24-34)40-42(39-35)33-4-2-1-3-5-33/h1-24H. The molecule has 0 unspecified atom stereocenters. The van der Waals surface area contributed by atoms with E-state index in [4.69, 9.17) is 5.10 Å².